The van der Waals surface area contributed by atoms with E-state index < -0.39 is 0 Å². The third kappa shape index (κ3) is 3.75. The van der Waals surface area contributed by atoms with Crippen LogP contribution in [-0.2, 0) is 0 Å². The number of ether oxygens (including phenoxy) is 2. The summed E-state index contributed by atoms with van der Waals surface area (Å²) in [4.78, 5) is 4.64. The summed E-state index contributed by atoms with van der Waals surface area (Å²) < 4.78 is 11.2. The molecule has 0 amide bonds. The molecule has 0 N–H and O–H groups in total. The minimum atomic E-state index is 0.220. The standard InChI is InChI=1S/C20H30N2O2/c1-7-22(8-2)15(3)16-12-17(14-21(4)13-16)20-18(23-5)10-9-11-19(20)24-6/h9-12,17H,3,7-8,13-14H2,1-2,4-6H3. The van der Waals surface area contributed by atoms with Crippen LogP contribution in [0.1, 0.15) is 25.3 Å². The maximum atomic E-state index is 5.60. The molecule has 2 rings (SSSR count). The number of rotatable bonds is 7. The van der Waals surface area contributed by atoms with Crippen molar-refractivity contribution in [1.29, 1.82) is 0 Å². The number of likely N-dealkylation sites (N-methyl/N-ethyl adjacent to an activating group) is 2. The fourth-order valence-electron chi connectivity index (χ4n) is 3.46. The largest absolute Gasteiger partial charge is 0.496 e. The van der Waals surface area contributed by atoms with Crippen molar-refractivity contribution in [2.24, 2.45) is 0 Å². The van der Waals surface area contributed by atoms with Crippen LogP contribution in [0.15, 0.2) is 42.1 Å². The maximum Gasteiger partial charge on any atom is 0.126 e. The van der Waals surface area contributed by atoms with Gasteiger partial charge in [0, 0.05) is 43.4 Å². The van der Waals surface area contributed by atoms with Gasteiger partial charge in [-0.25, -0.2) is 0 Å². The van der Waals surface area contributed by atoms with Crippen molar-refractivity contribution in [2.45, 2.75) is 19.8 Å². The van der Waals surface area contributed by atoms with Gasteiger partial charge < -0.3 is 19.3 Å². The zero-order chi connectivity index (χ0) is 17.7. The molecule has 1 atom stereocenters. The summed E-state index contributed by atoms with van der Waals surface area (Å²) in [5.74, 6) is 1.97. The molecule has 24 heavy (non-hydrogen) atoms. The molecular formula is C20H30N2O2. The van der Waals surface area contributed by atoms with Crippen LogP contribution >= 0.6 is 0 Å². The molecule has 4 heteroatoms. The smallest absolute Gasteiger partial charge is 0.126 e. The summed E-state index contributed by atoms with van der Waals surface area (Å²) >= 11 is 0. The van der Waals surface area contributed by atoms with Crippen LogP contribution in [0, 0.1) is 0 Å². The Balaban J connectivity index is 2.44. The monoisotopic (exact) mass is 330 g/mol. The molecule has 1 aliphatic rings. The Morgan fingerprint density at radius 1 is 1.21 bits per heavy atom. The van der Waals surface area contributed by atoms with E-state index in [9.17, 15) is 0 Å². The Kier molecular flexibility index (Phi) is 6.32. The maximum absolute atomic E-state index is 5.60. The van der Waals surface area contributed by atoms with Crippen molar-refractivity contribution >= 4 is 0 Å². The molecule has 0 aliphatic carbocycles. The van der Waals surface area contributed by atoms with Crippen molar-refractivity contribution in [3.8, 4) is 11.5 Å². The van der Waals surface area contributed by atoms with Crippen molar-refractivity contribution in [2.75, 3.05) is 47.4 Å². The van der Waals surface area contributed by atoms with Crippen LogP contribution in [0.3, 0.4) is 0 Å². The lowest BCUT2D eigenvalue weighted by Gasteiger charge is -2.34. The second-order valence-electron chi connectivity index (χ2n) is 6.19. The average molecular weight is 330 g/mol. The lowest BCUT2D eigenvalue weighted by molar-refractivity contribution is 0.311. The summed E-state index contributed by atoms with van der Waals surface area (Å²) in [6.07, 6.45) is 2.33. The predicted octanol–water partition coefficient (Wildman–Crippen LogP) is 3.51. The molecule has 1 aromatic rings. The summed E-state index contributed by atoms with van der Waals surface area (Å²) in [6.45, 7) is 12.5. The lowest BCUT2D eigenvalue weighted by Crippen LogP contribution is -2.34. The normalized spacial score (nSPS) is 18.0. The van der Waals surface area contributed by atoms with Gasteiger partial charge in [0.25, 0.3) is 0 Å². The molecule has 0 radical (unpaired) electrons. The molecule has 0 spiro atoms. The number of hydrogen-bond acceptors (Lipinski definition) is 4. The van der Waals surface area contributed by atoms with Gasteiger partial charge in [-0.05, 0) is 38.6 Å². The van der Waals surface area contributed by atoms with Crippen LogP contribution < -0.4 is 9.47 Å². The summed E-state index contributed by atoms with van der Waals surface area (Å²) in [7, 11) is 5.58. The number of hydrogen-bond donors (Lipinski definition) is 0. The molecule has 4 nitrogen and oxygen atoms in total. The zero-order valence-electron chi connectivity index (χ0n) is 15.6. The van der Waals surface area contributed by atoms with Gasteiger partial charge in [-0.1, -0.05) is 18.7 Å². The molecule has 0 aromatic heterocycles. The number of methoxy groups -OCH3 is 2. The van der Waals surface area contributed by atoms with Gasteiger partial charge in [0.2, 0.25) is 0 Å². The first-order valence-corrected chi connectivity index (χ1v) is 8.59. The molecule has 1 unspecified atom stereocenters. The van der Waals surface area contributed by atoms with Crippen LogP contribution in [0.5, 0.6) is 11.5 Å². The van der Waals surface area contributed by atoms with Gasteiger partial charge >= 0.3 is 0 Å². The Labute approximate surface area is 146 Å². The predicted molar refractivity (Wildman–Crippen MR) is 99.9 cm³/mol. The van der Waals surface area contributed by atoms with E-state index in [2.05, 4.69) is 43.3 Å². The summed E-state index contributed by atoms with van der Waals surface area (Å²) in [5, 5.41) is 0. The Morgan fingerprint density at radius 2 is 1.79 bits per heavy atom. The Bertz CT molecular complexity index is 583. The molecule has 0 bridgehead atoms. The highest BCUT2D eigenvalue weighted by Crippen LogP contribution is 2.39. The topological polar surface area (TPSA) is 24.9 Å². The van der Waals surface area contributed by atoms with E-state index in [1.807, 2.05) is 18.2 Å². The first-order valence-electron chi connectivity index (χ1n) is 8.59. The first kappa shape index (κ1) is 18.4. The minimum absolute atomic E-state index is 0.220. The highest BCUT2D eigenvalue weighted by atomic mass is 16.5. The molecule has 1 aromatic carbocycles. The van der Waals surface area contributed by atoms with Crippen molar-refractivity contribution < 1.29 is 9.47 Å². The van der Waals surface area contributed by atoms with E-state index >= 15 is 0 Å². The van der Waals surface area contributed by atoms with E-state index in [1.54, 1.807) is 14.2 Å². The molecule has 132 valence electrons. The highest BCUT2D eigenvalue weighted by Gasteiger charge is 2.26. The van der Waals surface area contributed by atoms with Crippen LogP contribution in [-0.4, -0.2) is 57.2 Å². The Morgan fingerprint density at radius 3 is 2.29 bits per heavy atom. The third-order valence-electron chi connectivity index (χ3n) is 4.70. The third-order valence-corrected chi connectivity index (χ3v) is 4.70. The molecule has 0 fully saturated rings. The molecule has 0 saturated heterocycles. The van der Waals surface area contributed by atoms with Crippen molar-refractivity contribution in [3.05, 3.63) is 47.7 Å². The van der Waals surface area contributed by atoms with E-state index in [1.165, 1.54) is 5.57 Å². The van der Waals surface area contributed by atoms with E-state index in [4.69, 9.17) is 9.47 Å². The zero-order valence-corrected chi connectivity index (χ0v) is 15.6. The second-order valence-corrected chi connectivity index (χ2v) is 6.19. The minimum Gasteiger partial charge on any atom is -0.496 e. The van der Waals surface area contributed by atoms with Crippen LogP contribution in [0.4, 0.5) is 0 Å². The quantitative estimate of drug-likeness (QED) is 0.764. The lowest BCUT2D eigenvalue weighted by atomic mass is 9.90. The fraction of sp³-hybridized carbons (Fsp3) is 0.500. The highest BCUT2D eigenvalue weighted by molar-refractivity contribution is 5.51. The summed E-state index contributed by atoms with van der Waals surface area (Å²) in [6, 6.07) is 5.96. The van der Waals surface area contributed by atoms with Crippen molar-refractivity contribution in [3.63, 3.8) is 0 Å². The molecule has 0 saturated carbocycles. The van der Waals surface area contributed by atoms with E-state index in [-0.39, 0.29) is 5.92 Å². The molecular weight excluding hydrogens is 300 g/mol. The van der Waals surface area contributed by atoms with Crippen molar-refractivity contribution in [1.82, 2.24) is 9.80 Å². The second kappa shape index (κ2) is 8.25. The van der Waals surface area contributed by atoms with Gasteiger partial charge in [-0.2, -0.15) is 0 Å². The molecule has 1 aliphatic heterocycles. The van der Waals surface area contributed by atoms with Gasteiger partial charge in [0.15, 0.2) is 0 Å². The van der Waals surface area contributed by atoms with Gasteiger partial charge in [0.05, 0.1) is 14.2 Å². The van der Waals surface area contributed by atoms with E-state index in [0.717, 1.165) is 48.9 Å². The summed E-state index contributed by atoms with van der Waals surface area (Å²) in [5.41, 5.74) is 3.51. The van der Waals surface area contributed by atoms with Gasteiger partial charge in [-0.3, -0.25) is 0 Å². The Hall–Kier alpha value is -1.94. The SMILES string of the molecule is C=C(C1=CC(c2c(OC)cccc2OC)CN(C)C1)N(CC)CC. The fourth-order valence-corrected chi connectivity index (χ4v) is 3.46. The van der Waals surface area contributed by atoms with Crippen LogP contribution in [0.25, 0.3) is 0 Å². The number of benzene rings is 1. The average Bonchev–Trinajstić information content (AvgIpc) is 2.61. The van der Waals surface area contributed by atoms with Gasteiger partial charge in [0.1, 0.15) is 11.5 Å². The molecule has 1 heterocycles. The first-order chi connectivity index (χ1) is 11.5. The number of nitrogens with zero attached hydrogens (tertiary/aromatic N) is 2. The van der Waals surface area contributed by atoms with Gasteiger partial charge in [-0.15, -0.1) is 0 Å². The van der Waals surface area contributed by atoms with Crippen LogP contribution in [0.2, 0.25) is 0 Å². The van der Waals surface area contributed by atoms with E-state index in [0.29, 0.717) is 0 Å².